The fourth-order valence-electron chi connectivity index (χ4n) is 2.08. The van der Waals surface area contributed by atoms with Gasteiger partial charge in [0.25, 0.3) is 0 Å². The molecule has 0 saturated carbocycles. The quantitative estimate of drug-likeness (QED) is 0.596. The van der Waals surface area contributed by atoms with Crippen LogP contribution in [-0.4, -0.2) is 16.6 Å². The lowest BCUT2D eigenvalue weighted by Crippen LogP contribution is -1.95. The summed E-state index contributed by atoms with van der Waals surface area (Å²) in [5.41, 5.74) is 2.35. The molecule has 2 rings (SSSR count). The van der Waals surface area contributed by atoms with Crippen LogP contribution in [0.5, 0.6) is 5.75 Å². The molecule has 0 aliphatic heterocycles. The van der Waals surface area contributed by atoms with E-state index in [0.717, 1.165) is 12.0 Å². The van der Waals surface area contributed by atoms with Crippen molar-refractivity contribution in [1.82, 2.24) is 9.97 Å². The van der Waals surface area contributed by atoms with Gasteiger partial charge in [0.15, 0.2) is 5.75 Å². The summed E-state index contributed by atoms with van der Waals surface area (Å²) in [5.74, 6) is 7.25. The molecule has 114 valence electrons. The van der Waals surface area contributed by atoms with Gasteiger partial charge in [0, 0.05) is 5.56 Å². The fraction of sp³-hybridized carbons (Fsp3) is 0.368. The van der Waals surface area contributed by atoms with Crippen LogP contribution in [-0.2, 0) is 6.42 Å². The van der Waals surface area contributed by atoms with E-state index in [1.165, 1.54) is 24.8 Å². The number of hydrogen-bond donors (Lipinski definition) is 0. The van der Waals surface area contributed by atoms with Gasteiger partial charge in [0.2, 0.25) is 5.82 Å². The second-order valence-corrected chi connectivity index (χ2v) is 5.08. The van der Waals surface area contributed by atoms with Crippen LogP contribution < -0.4 is 4.74 Å². The van der Waals surface area contributed by atoms with Crippen molar-refractivity contribution < 1.29 is 4.74 Å². The van der Waals surface area contributed by atoms with E-state index < -0.39 is 0 Å². The summed E-state index contributed by atoms with van der Waals surface area (Å²) < 4.78 is 5.30. The summed E-state index contributed by atoms with van der Waals surface area (Å²) in [6.45, 7) is 4.76. The monoisotopic (exact) mass is 294 g/mol. The number of aromatic nitrogens is 2. The normalized spacial score (nSPS) is 9.91. The summed E-state index contributed by atoms with van der Waals surface area (Å²) in [6, 6.07) is 8.42. The highest BCUT2D eigenvalue weighted by atomic mass is 16.5. The first-order valence-corrected chi connectivity index (χ1v) is 7.87. The number of aryl methyl sites for hydroxylation is 1. The Kier molecular flexibility index (Phi) is 6.44. The van der Waals surface area contributed by atoms with Crippen molar-refractivity contribution in [2.75, 3.05) is 6.61 Å². The van der Waals surface area contributed by atoms with Gasteiger partial charge < -0.3 is 4.74 Å². The third-order valence-electron chi connectivity index (χ3n) is 3.28. The molecule has 0 bridgehead atoms. The molecule has 3 nitrogen and oxygen atoms in total. The Morgan fingerprint density at radius 2 is 1.68 bits per heavy atom. The molecular weight excluding hydrogens is 272 g/mol. The Labute approximate surface area is 132 Å². The molecule has 0 unspecified atom stereocenters. The second-order valence-electron chi connectivity index (χ2n) is 5.08. The second kappa shape index (κ2) is 8.84. The highest BCUT2D eigenvalue weighted by Gasteiger charge is 1.95. The number of nitrogens with zero attached hydrogens (tertiary/aromatic N) is 2. The SMILES string of the molecule is CCCCCc1ccc(C#Cc2ncc(OCC)cn2)cc1. The van der Waals surface area contributed by atoms with Gasteiger partial charge >= 0.3 is 0 Å². The van der Waals surface area contributed by atoms with Gasteiger partial charge in [-0.2, -0.15) is 0 Å². The van der Waals surface area contributed by atoms with E-state index in [-0.39, 0.29) is 0 Å². The number of hydrogen-bond acceptors (Lipinski definition) is 3. The van der Waals surface area contributed by atoms with E-state index in [4.69, 9.17) is 4.74 Å². The van der Waals surface area contributed by atoms with E-state index in [1.54, 1.807) is 12.4 Å². The Morgan fingerprint density at radius 1 is 0.955 bits per heavy atom. The molecule has 0 fully saturated rings. The molecule has 0 saturated heterocycles. The Morgan fingerprint density at radius 3 is 2.32 bits per heavy atom. The summed E-state index contributed by atoms with van der Waals surface area (Å²) >= 11 is 0. The van der Waals surface area contributed by atoms with E-state index in [0.29, 0.717) is 18.2 Å². The van der Waals surface area contributed by atoms with Crippen LogP contribution in [0, 0.1) is 11.8 Å². The molecule has 0 amide bonds. The van der Waals surface area contributed by atoms with Gasteiger partial charge in [-0.25, -0.2) is 9.97 Å². The Bertz CT molecular complexity index is 621. The molecule has 0 atom stereocenters. The van der Waals surface area contributed by atoms with Gasteiger partial charge in [-0.15, -0.1) is 0 Å². The average Bonchev–Trinajstić information content (AvgIpc) is 2.56. The van der Waals surface area contributed by atoms with Gasteiger partial charge in [-0.1, -0.05) is 37.8 Å². The first kappa shape index (κ1) is 16.0. The van der Waals surface area contributed by atoms with Gasteiger partial charge in [-0.3, -0.25) is 0 Å². The molecule has 1 heterocycles. The lowest BCUT2D eigenvalue weighted by Gasteiger charge is -2.00. The Balaban J connectivity index is 1.96. The maximum Gasteiger partial charge on any atom is 0.205 e. The van der Waals surface area contributed by atoms with Crippen molar-refractivity contribution in [1.29, 1.82) is 0 Å². The topological polar surface area (TPSA) is 35.0 Å². The van der Waals surface area contributed by atoms with Crippen molar-refractivity contribution in [2.45, 2.75) is 39.5 Å². The first-order chi connectivity index (χ1) is 10.8. The van der Waals surface area contributed by atoms with Crippen molar-refractivity contribution in [3.05, 3.63) is 53.6 Å². The van der Waals surface area contributed by atoms with E-state index in [1.807, 2.05) is 6.92 Å². The number of rotatable bonds is 6. The molecule has 0 spiro atoms. The Hall–Kier alpha value is -2.34. The predicted molar refractivity (Wildman–Crippen MR) is 88.9 cm³/mol. The van der Waals surface area contributed by atoms with Crippen LogP contribution in [0.3, 0.4) is 0 Å². The molecule has 1 aromatic heterocycles. The molecule has 1 aromatic carbocycles. The van der Waals surface area contributed by atoms with Crippen molar-refractivity contribution in [3.8, 4) is 17.6 Å². The number of unbranched alkanes of at least 4 members (excludes halogenated alkanes) is 2. The van der Waals surface area contributed by atoms with E-state index in [9.17, 15) is 0 Å². The van der Waals surface area contributed by atoms with Gasteiger partial charge in [0.05, 0.1) is 19.0 Å². The summed E-state index contributed by atoms with van der Waals surface area (Å²) in [4.78, 5) is 8.34. The van der Waals surface area contributed by atoms with Crippen LogP contribution in [0.25, 0.3) is 0 Å². The lowest BCUT2D eigenvalue weighted by molar-refractivity contribution is 0.337. The highest BCUT2D eigenvalue weighted by molar-refractivity contribution is 5.39. The van der Waals surface area contributed by atoms with Crippen LogP contribution in [0.15, 0.2) is 36.7 Å². The largest absolute Gasteiger partial charge is 0.491 e. The zero-order valence-electron chi connectivity index (χ0n) is 13.3. The third-order valence-corrected chi connectivity index (χ3v) is 3.28. The molecular formula is C19H22N2O. The van der Waals surface area contributed by atoms with E-state index >= 15 is 0 Å². The third kappa shape index (κ3) is 5.21. The smallest absolute Gasteiger partial charge is 0.205 e. The summed E-state index contributed by atoms with van der Waals surface area (Å²) in [5, 5.41) is 0. The van der Waals surface area contributed by atoms with Crippen LogP contribution in [0.1, 0.15) is 50.1 Å². The molecule has 0 aliphatic rings. The molecule has 3 heteroatoms. The molecule has 0 radical (unpaired) electrons. The highest BCUT2D eigenvalue weighted by Crippen LogP contribution is 2.09. The zero-order valence-corrected chi connectivity index (χ0v) is 13.3. The van der Waals surface area contributed by atoms with Crippen molar-refractivity contribution in [2.24, 2.45) is 0 Å². The minimum absolute atomic E-state index is 0.510. The fourth-order valence-corrected chi connectivity index (χ4v) is 2.08. The minimum atomic E-state index is 0.510. The first-order valence-electron chi connectivity index (χ1n) is 7.87. The van der Waals surface area contributed by atoms with Crippen LogP contribution >= 0.6 is 0 Å². The zero-order chi connectivity index (χ0) is 15.6. The maximum atomic E-state index is 5.30. The summed E-state index contributed by atoms with van der Waals surface area (Å²) in [7, 11) is 0. The summed E-state index contributed by atoms with van der Waals surface area (Å²) in [6.07, 6.45) is 8.24. The molecule has 0 N–H and O–H groups in total. The van der Waals surface area contributed by atoms with Crippen LogP contribution in [0.4, 0.5) is 0 Å². The van der Waals surface area contributed by atoms with Crippen LogP contribution in [0.2, 0.25) is 0 Å². The number of ether oxygens (including phenoxy) is 1. The average molecular weight is 294 g/mol. The maximum absolute atomic E-state index is 5.30. The molecule has 22 heavy (non-hydrogen) atoms. The minimum Gasteiger partial charge on any atom is -0.491 e. The lowest BCUT2D eigenvalue weighted by atomic mass is 10.1. The standard InChI is InChI=1S/C19H22N2O/c1-3-5-6-7-16-8-10-17(11-9-16)12-13-19-20-14-18(15-21-19)22-4-2/h8-11,14-15H,3-7H2,1-2H3. The van der Waals surface area contributed by atoms with E-state index in [2.05, 4.69) is 53.0 Å². The van der Waals surface area contributed by atoms with Gasteiger partial charge in [-0.05, 0) is 43.4 Å². The molecule has 0 aliphatic carbocycles. The van der Waals surface area contributed by atoms with Crippen molar-refractivity contribution >= 4 is 0 Å². The van der Waals surface area contributed by atoms with Crippen molar-refractivity contribution in [3.63, 3.8) is 0 Å². The molecule has 2 aromatic rings. The number of benzene rings is 1. The predicted octanol–water partition coefficient (Wildman–Crippen LogP) is 4.01. The van der Waals surface area contributed by atoms with Gasteiger partial charge in [0.1, 0.15) is 0 Å².